The third kappa shape index (κ3) is 5.58. The maximum absolute atomic E-state index is 12.2. The van der Waals surface area contributed by atoms with E-state index >= 15 is 0 Å². The number of carbonyl (C=O) groups is 2. The lowest BCUT2D eigenvalue weighted by molar-refractivity contribution is -0.122. The van der Waals surface area contributed by atoms with E-state index in [2.05, 4.69) is 10.6 Å². The second-order valence-electron chi connectivity index (χ2n) is 5.65. The van der Waals surface area contributed by atoms with Crippen molar-refractivity contribution in [3.05, 3.63) is 42.0 Å². The molecule has 2 heterocycles. The number of nitrogens with one attached hydrogen (secondary N) is 2. The summed E-state index contributed by atoms with van der Waals surface area (Å²) in [5, 5.41) is 27.5. The summed E-state index contributed by atoms with van der Waals surface area (Å²) in [5.74, 6) is -0.259. The monoisotopic (exact) mass is 413 g/mol. The number of aliphatic hydroxyl groups is 1. The Bertz CT molecular complexity index is 895. The Morgan fingerprint density at radius 3 is 2.33 bits per heavy atom. The number of primary sulfonamides is 1. The number of hydrogen-bond acceptors (Lipinski definition) is 7. The van der Waals surface area contributed by atoms with Crippen LogP contribution < -0.4 is 15.8 Å². The minimum atomic E-state index is -3.71. The second kappa shape index (κ2) is 9.06. The molecule has 2 aromatic rings. The third-order valence-corrected chi connectivity index (χ3v) is 6.36. The van der Waals surface area contributed by atoms with Gasteiger partial charge in [0.25, 0.3) is 12.4 Å². The van der Waals surface area contributed by atoms with Gasteiger partial charge in [0.15, 0.2) is 0 Å². The fourth-order valence-electron chi connectivity index (χ4n) is 2.48. The smallest absolute Gasteiger partial charge is 0.290 e. The van der Waals surface area contributed by atoms with E-state index < -0.39 is 16.1 Å². The first kappa shape index (κ1) is 21.0. The van der Waals surface area contributed by atoms with Crippen LogP contribution >= 0.6 is 11.3 Å². The average molecular weight is 413 g/mol. The Kier molecular flexibility index (Phi) is 7.05. The van der Waals surface area contributed by atoms with Gasteiger partial charge in [-0.3, -0.25) is 9.59 Å². The molecule has 1 aromatic heterocycles. The summed E-state index contributed by atoms with van der Waals surface area (Å²) in [4.78, 5) is 21.3. The van der Waals surface area contributed by atoms with Crippen molar-refractivity contribution in [3.63, 3.8) is 0 Å². The number of benzene rings is 1. The Balaban J connectivity index is 0.000000817. The van der Waals surface area contributed by atoms with Crippen molar-refractivity contribution in [3.8, 4) is 10.4 Å². The second-order valence-corrected chi connectivity index (χ2v) is 8.52. The van der Waals surface area contributed by atoms with Crippen molar-refractivity contribution >= 4 is 33.7 Å². The Morgan fingerprint density at radius 2 is 1.85 bits per heavy atom. The highest BCUT2D eigenvalue weighted by atomic mass is 32.2. The summed E-state index contributed by atoms with van der Waals surface area (Å²) >= 11 is 1.08. The van der Waals surface area contributed by atoms with E-state index in [1.165, 1.54) is 6.07 Å². The summed E-state index contributed by atoms with van der Waals surface area (Å²) in [7, 11) is -3.71. The van der Waals surface area contributed by atoms with Crippen LogP contribution in [0.4, 0.5) is 0 Å². The highest BCUT2D eigenvalue weighted by molar-refractivity contribution is 7.91. The molecule has 1 aliphatic rings. The van der Waals surface area contributed by atoms with E-state index in [4.69, 9.17) is 15.0 Å². The average Bonchev–Trinajstić information content (AvgIpc) is 3.25. The van der Waals surface area contributed by atoms with Crippen molar-refractivity contribution in [1.29, 1.82) is 0 Å². The highest BCUT2D eigenvalue weighted by Crippen LogP contribution is 2.30. The highest BCUT2D eigenvalue weighted by Gasteiger charge is 2.26. The summed E-state index contributed by atoms with van der Waals surface area (Å²) < 4.78 is 22.7. The molecule has 27 heavy (non-hydrogen) atoms. The zero-order chi connectivity index (χ0) is 20.0. The molecule has 1 amide bonds. The van der Waals surface area contributed by atoms with Gasteiger partial charge in [0.05, 0.1) is 12.1 Å². The van der Waals surface area contributed by atoms with E-state index in [-0.39, 0.29) is 22.6 Å². The number of β-amino-alcohol motifs (C(OH)–C–C–N with tert-alkyl or cyclic N) is 1. The number of rotatable bonds is 4. The molecule has 1 aliphatic heterocycles. The van der Waals surface area contributed by atoms with Crippen LogP contribution in [0.5, 0.6) is 0 Å². The summed E-state index contributed by atoms with van der Waals surface area (Å²) in [6.45, 7) is 0.755. The summed E-state index contributed by atoms with van der Waals surface area (Å²) in [6.07, 6.45) is -0.587. The van der Waals surface area contributed by atoms with Gasteiger partial charge in [0.1, 0.15) is 4.21 Å². The molecular weight excluding hydrogens is 394 g/mol. The van der Waals surface area contributed by atoms with Gasteiger partial charge in [-0.1, -0.05) is 12.1 Å². The zero-order valence-electron chi connectivity index (χ0n) is 14.0. The number of carbonyl (C=O) groups excluding carboxylic acids is 1. The molecule has 0 saturated carbocycles. The molecule has 9 nitrogen and oxygen atoms in total. The Morgan fingerprint density at radius 1 is 1.22 bits per heavy atom. The molecule has 3 rings (SSSR count). The lowest BCUT2D eigenvalue weighted by Crippen LogP contribution is -2.42. The summed E-state index contributed by atoms with van der Waals surface area (Å²) in [6, 6.07) is 9.66. The predicted molar refractivity (Wildman–Crippen MR) is 100.0 cm³/mol. The fourth-order valence-corrected chi connectivity index (χ4v) is 4.21. The van der Waals surface area contributed by atoms with Crippen LogP contribution in [0, 0.1) is 0 Å². The van der Waals surface area contributed by atoms with Crippen LogP contribution in [0.15, 0.2) is 40.6 Å². The lowest BCUT2D eigenvalue weighted by atomic mass is 10.1. The zero-order valence-corrected chi connectivity index (χ0v) is 15.7. The lowest BCUT2D eigenvalue weighted by Gasteiger charge is -2.15. The van der Waals surface area contributed by atoms with Gasteiger partial charge in [0.2, 0.25) is 10.0 Å². The van der Waals surface area contributed by atoms with Crippen LogP contribution in [0.3, 0.4) is 0 Å². The molecule has 0 radical (unpaired) electrons. The van der Waals surface area contributed by atoms with Crippen molar-refractivity contribution in [1.82, 2.24) is 10.6 Å². The summed E-state index contributed by atoms with van der Waals surface area (Å²) in [5.41, 5.74) is 1.27. The normalized spacial score (nSPS) is 19.0. The first-order valence-corrected chi connectivity index (χ1v) is 10.1. The number of sulfonamides is 1. The molecule has 0 bridgehead atoms. The molecule has 0 spiro atoms. The molecule has 0 aliphatic carbocycles. The van der Waals surface area contributed by atoms with Gasteiger partial charge in [-0.2, -0.15) is 0 Å². The molecule has 1 fully saturated rings. The van der Waals surface area contributed by atoms with Gasteiger partial charge in [-0.15, -0.1) is 11.3 Å². The number of carboxylic acid groups (broad SMARTS) is 1. The quantitative estimate of drug-likeness (QED) is 0.435. The van der Waals surface area contributed by atoms with Crippen LogP contribution in [-0.4, -0.2) is 56.2 Å². The minimum absolute atomic E-state index is 0.0991. The van der Waals surface area contributed by atoms with Gasteiger partial charge < -0.3 is 20.8 Å². The molecule has 1 aromatic carbocycles. The van der Waals surface area contributed by atoms with Gasteiger partial charge >= 0.3 is 0 Å². The minimum Gasteiger partial charge on any atom is -0.483 e. The van der Waals surface area contributed by atoms with E-state index in [1.54, 1.807) is 30.3 Å². The predicted octanol–water partition coefficient (Wildman–Crippen LogP) is -0.174. The van der Waals surface area contributed by atoms with E-state index in [9.17, 15) is 18.3 Å². The molecule has 11 heteroatoms. The SMILES string of the molecule is NS(=O)(=O)c1ccc(-c2ccc(C(=O)N[C@@H]3CNC[C@H]3O)cc2)s1.O=CO. The molecule has 146 valence electrons. The Hall–Kier alpha value is -2.31. The van der Waals surface area contributed by atoms with Crippen molar-refractivity contribution in [2.45, 2.75) is 16.4 Å². The maximum atomic E-state index is 12.2. The molecule has 1 saturated heterocycles. The van der Waals surface area contributed by atoms with Crippen molar-refractivity contribution in [2.24, 2.45) is 5.14 Å². The topological polar surface area (TPSA) is 159 Å². The van der Waals surface area contributed by atoms with Gasteiger partial charge in [-0.25, -0.2) is 13.6 Å². The first-order valence-electron chi connectivity index (χ1n) is 7.77. The van der Waals surface area contributed by atoms with Gasteiger partial charge in [-0.05, 0) is 29.8 Å². The van der Waals surface area contributed by atoms with Crippen molar-refractivity contribution < 1.29 is 28.2 Å². The van der Waals surface area contributed by atoms with E-state index in [0.717, 1.165) is 21.8 Å². The van der Waals surface area contributed by atoms with Crippen LogP contribution in [0.25, 0.3) is 10.4 Å². The van der Waals surface area contributed by atoms with E-state index in [0.29, 0.717) is 18.7 Å². The number of aliphatic hydroxyl groups excluding tert-OH is 1. The largest absolute Gasteiger partial charge is 0.483 e. The standard InChI is InChI=1S/C15H17N3O4S2.CH2O2/c16-24(21,22)14-6-5-13(23-14)9-1-3-10(4-2-9)15(20)18-11-7-17-8-12(11)19;2-1-3/h1-6,11-12,17,19H,7-8H2,(H,18,20)(H2,16,21,22);1H,(H,2,3)/t11-,12-;/m1./s1. The molecular formula is C16H19N3O6S2. The number of hydrogen-bond donors (Lipinski definition) is 5. The first-order chi connectivity index (χ1) is 12.8. The third-order valence-electron chi connectivity index (χ3n) is 3.79. The van der Waals surface area contributed by atoms with Crippen LogP contribution in [-0.2, 0) is 14.8 Å². The number of nitrogens with two attached hydrogens (primary N) is 1. The molecule has 2 atom stereocenters. The fraction of sp³-hybridized carbons (Fsp3) is 0.250. The maximum Gasteiger partial charge on any atom is 0.290 e. The number of thiophene rings is 1. The van der Waals surface area contributed by atoms with Gasteiger partial charge in [0, 0.05) is 23.5 Å². The molecule has 6 N–H and O–H groups in total. The molecule has 0 unspecified atom stereocenters. The number of amides is 1. The Labute approximate surface area is 159 Å². The van der Waals surface area contributed by atoms with Crippen molar-refractivity contribution in [2.75, 3.05) is 13.1 Å². The van der Waals surface area contributed by atoms with Crippen LogP contribution in [0.2, 0.25) is 0 Å². The van der Waals surface area contributed by atoms with E-state index in [1.807, 2.05) is 0 Å². The van der Waals surface area contributed by atoms with Crippen LogP contribution in [0.1, 0.15) is 10.4 Å².